The summed E-state index contributed by atoms with van der Waals surface area (Å²) in [5.74, 6) is 0.429. The van der Waals surface area contributed by atoms with Crippen LogP contribution < -0.4 is 0 Å². The van der Waals surface area contributed by atoms with E-state index in [1.54, 1.807) is 24.3 Å². The van der Waals surface area contributed by atoms with Crippen molar-refractivity contribution in [2.24, 2.45) is 0 Å². The molecule has 0 fully saturated rings. The molecule has 0 saturated carbocycles. The first-order valence-corrected chi connectivity index (χ1v) is 6.28. The molecule has 0 amide bonds. The maximum Gasteiger partial charge on any atom is 0.141 e. The molecule has 0 aliphatic carbocycles. The third-order valence-electron chi connectivity index (χ3n) is 3.06. The second-order valence-corrected chi connectivity index (χ2v) is 4.51. The number of rotatable bonds is 2. The molecule has 0 spiro atoms. The lowest BCUT2D eigenvalue weighted by Crippen LogP contribution is -1.83. The predicted octanol–water partition coefficient (Wildman–Crippen LogP) is 3.82. The van der Waals surface area contributed by atoms with Crippen LogP contribution in [0.2, 0.25) is 0 Å². The third kappa shape index (κ3) is 2.47. The number of nitrogens with zero attached hydrogens (tertiary/aromatic N) is 1. The summed E-state index contributed by atoms with van der Waals surface area (Å²) < 4.78 is 0. The van der Waals surface area contributed by atoms with Gasteiger partial charge in [0.1, 0.15) is 17.0 Å². The molecule has 98 valence electrons. The van der Waals surface area contributed by atoms with E-state index in [1.807, 2.05) is 42.5 Å². The minimum Gasteiger partial charge on any atom is -0.508 e. The lowest BCUT2D eigenvalue weighted by atomic mass is 10.1. The molecule has 0 aliphatic rings. The van der Waals surface area contributed by atoms with Crippen LogP contribution in [0.25, 0.3) is 23.1 Å². The summed E-state index contributed by atoms with van der Waals surface area (Å²) in [6.45, 7) is 0. The van der Waals surface area contributed by atoms with Gasteiger partial charge in [0.05, 0.1) is 5.69 Å². The van der Waals surface area contributed by atoms with Crippen LogP contribution in [0, 0.1) is 0 Å². The van der Waals surface area contributed by atoms with Crippen molar-refractivity contribution in [1.82, 2.24) is 4.98 Å². The number of fused-ring (bicyclic) bond motifs is 1. The summed E-state index contributed by atoms with van der Waals surface area (Å²) >= 11 is 0. The Morgan fingerprint density at radius 3 is 2.40 bits per heavy atom. The molecule has 1 aromatic heterocycles. The van der Waals surface area contributed by atoms with Gasteiger partial charge in [0.25, 0.3) is 0 Å². The number of hydrogen-bond acceptors (Lipinski definition) is 3. The van der Waals surface area contributed by atoms with Gasteiger partial charge in [0, 0.05) is 5.39 Å². The molecule has 0 radical (unpaired) electrons. The molecular formula is C17H13NO2. The van der Waals surface area contributed by atoms with Crippen LogP contribution in [0.5, 0.6) is 11.5 Å². The molecule has 0 saturated heterocycles. The quantitative estimate of drug-likeness (QED) is 0.739. The standard InChI is InChI=1S/C17H13NO2/c19-15-10-5-12(6-11-15)4-8-14-9-7-13-2-1-3-16(20)17(13)18-14/h1-11,19-20H. The first-order chi connectivity index (χ1) is 9.72. The van der Waals surface area contributed by atoms with Crippen molar-refractivity contribution in [2.75, 3.05) is 0 Å². The number of hydrogen-bond donors (Lipinski definition) is 2. The molecule has 0 bridgehead atoms. The Kier molecular flexibility index (Phi) is 3.09. The van der Waals surface area contributed by atoms with E-state index in [-0.39, 0.29) is 11.5 Å². The second kappa shape index (κ2) is 5.05. The molecule has 20 heavy (non-hydrogen) atoms. The van der Waals surface area contributed by atoms with Crippen LogP contribution in [0.4, 0.5) is 0 Å². The zero-order valence-corrected chi connectivity index (χ0v) is 10.7. The van der Waals surface area contributed by atoms with Gasteiger partial charge in [-0.15, -0.1) is 0 Å². The van der Waals surface area contributed by atoms with Gasteiger partial charge in [-0.05, 0) is 35.9 Å². The van der Waals surface area contributed by atoms with Crippen molar-refractivity contribution < 1.29 is 10.2 Å². The summed E-state index contributed by atoms with van der Waals surface area (Å²) in [6.07, 6.45) is 3.78. The number of phenolic OH excluding ortho intramolecular Hbond substituents is 2. The summed E-state index contributed by atoms with van der Waals surface area (Å²) in [4.78, 5) is 4.42. The maximum absolute atomic E-state index is 9.80. The summed E-state index contributed by atoms with van der Waals surface area (Å²) in [7, 11) is 0. The lowest BCUT2D eigenvalue weighted by Gasteiger charge is -2.01. The van der Waals surface area contributed by atoms with Gasteiger partial charge in [-0.25, -0.2) is 4.98 Å². The predicted molar refractivity (Wildman–Crippen MR) is 80.4 cm³/mol. The molecule has 2 aromatic carbocycles. The normalized spacial score (nSPS) is 11.2. The monoisotopic (exact) mass is 263 g/mol. The number of para-hydroxylation sites is 1. The maximum atomic E-state index is 9.80. The van der Waals surface area contributed by atoms with E-state index in [9.17, 15) is 10.2 Å². The second-order valence-electron chi connectivity index (χ2n) is 4.51. The molecule has 3 rings (SSSR count). The number of phenols is 2. The van der Waals surface area contributed by atoms with Crippen LogP contribution in [-0.2, 0) is 0 Å². The first kappa shape index (κ1) is 12.2. The van der Waals surface area contributed by atoms with Crippen LogP contribution in [0.3, 0.4) is 0 Å². The zero-order valence-electron chi connectivity index (χ0n) is 10.7. The highest BCUT2D eigenvalue weighted by atomic mass is 16.3. The summed E-state index contributed by atoms with van der Waals surface area (Å²) in [6, 6.07) is 16.1. The van der Waals surface area contributed by atoms with E-state index in [0.717, 1.165) is 16.6 Å². The van der Waals surface area contributed by atoms with Gasteiger partial charge < -0.3 is 10.2 Å². The minimum absolute atomic E-state index is 0.183. The van der Waals surface area contributed by atoms with E-state index in [2.05, 4.69) is 4.98 Å². The number of aromatic hydroxyl groups is 2. The van der Waals surface area contributed by atoms with Crippen molar-refractivity contribution in [1.29, 1.82) is 0 Å². The van der Waals surface area contributed by atoms with Crippen molar-refractivity contribution in [3.05, 3.63) is 65.9 Å². The first-order valence-electron chi connectivity index (χ1n) is 6.28. The molecule has 0 atom stereocenters. The largest absolute Gasteiger partial charge is 0.508 e. The molecule has 0 unspecified atom stereocenters. The molecule has 1 heterocycles. The van der Waals surface area contributed by atoms with E-state index in [4.69, 9.17) is 0 Å². The van der Waals surface area contributed by atoms with Crippen molar-refractivity contribution in [2.45, 2.75) is 0 Å². The molecule has 3 aromatic rings. The summed E-state index contributed by atoms with van der Waals surface area (Å²) in [5, 5.41) is 19.9. The van der Waals surface area contributed by atoms with E-state index in [1.165, 1.54) is 0 Å². The van der Waals surface area contributed by atoms with Crippen molar-refractivity contribution in [3.63, 3.8) is 0 Å². The Morgan fingerprint density at radius 1 is 0.800 bits per heavy atom. The number of aromatic nitrogens is 1. The van der Waals surface area contributed by atoms with Crippen LogP contribution in [0.1, 0.15) is 11.3 Å². The fourth-order valence-corrected chi connectivity index (χ4v) is 2.01. The van der Waals surface area contributed by atoms with Crippen LogP contribution in [0.15, 0.2) is 54.6 Å². The zero-order chi connectivity index (χ0) is 13.9. The van der Waals surface area contributed by atoms with Crippen LogP contribution >= 0.6 is 0 Å². The lowest BCUT2D eigenvalue weighted by molar-refractivity contribution is 0.475. The minimum atomic E-state index is 0.183. The Bertz CT molecular complexity index is 777. The van der Waals surface area contributed by atoms with Gasteiger partial charge in [-0.3, -0.25) is 0 Å². The fraction of sp³-hybridized carbons (Fsp3) is 0. The average molecular weight is 263 g/mol. The molecule has 0 aliphatic heterocycles. The smallest absolute Gasteiger partial charge is 0.141 e. The van der Waals surface area contributed by atoms with Crippen LogP contribution in [-0.4, -0.2) is 15.2 Å². The van der Waals surface area contributed by atoms with Gasteiger partial charge >= 0.3 is 0 Å². The highest BCUT2D eigenvalue weighted by Gasteiger charge is 2.00. The molecule has 3 heteroatoms. The average Bonchev–Trinajstić information content (AvgIpc) is 2.47. The Hall–Kier alpha value is -2.81. The Labute approximate surface area is 116 Å². The van der Waals surface area contributed by atoms with E-state index in [0.29, 0.717) is 5.52 Å². The van der Waals surface area contributed by atoms with Crippen molar-refractivity contribution in [3.8, 4) is 11.5 Å². The Morgan fingerprint density at radius 2 is 1.60 bits per heavy atom. The van der Waals surface area contributed by atoms with Gasteiger partial charge in [0.15, 0.2) is 0 Å². The number of pyridine rings is 1. The highest BCUT2D eigenvalue weighted by Crippen LogP contribution is 2.23. The van der Waals surface area contributed by atoms with E-state index < -0.39 is 0 Å². The summed E-state index contributed by atoms with van der Waals surface area (Å²) in [5.41, 5.74) is 2.34. The fourth-order valence-electron chi connectivity index (χ4n) is 2.01. The molecule has 3 nitrogen and oxygen atoms in total. The van der Waals surface area contributed by atoms with Gasteiger partial charge in [0.2, 0.25) is 0 Å². The SMILES string of the molecule is Oc1ccc(C=Cc2ccc3cccc(O)c3n2)cc1. The topological polar surface area (TPSA) is 53.4 Å². The van der Waals surface area contributed by atoms with Gasteiger partial charge in [-0.1, -0.05) is 36.4 Å². The molecule has 2 N–H and O–H groups in total. The van der Waals surface area contributed by atoms with Crippen molar-refractivity contribution >= 4 is 23.1 Å². The van der Waals surface area contributed by atoms with Gasteiger partial charge in [-0.2, -0.15) is 0 Å². The highest BCUT2D eigenvalue weighted by molar-refractivity contribution is 5.85. The third-order valence-corrected chi connectivity index (χ3v) is 3.06. The van der Waals surface area contributed by atoms with E-state index >= 15 is 0 Å². The number of benzene rings is 2. The molecular weight excluding hydrogens is 250 g/mol. The Balaban J connectivity index is 1.94.